The van der Waals surface area contributed by atoms with E-state index in [1.165, 1.54) is 11.1 Å². The molecule has 0 saturated heterocycles. The molecule has 0 N–H and O–H groups in total. The molecule has 0 amide bonds. The molecule has 1 atom stereocenters. The maximum atomic E-state index is 9.57. The van der Waals surface area contributed by atoms with Crippen molar-refractivity contribution in [3.8, 4) is 6.07 Å². The standard InChI is InChI=1S/C15H13NO/c16-11-15(10-13-5-3-9-17-13)8-7-12-4-1-2-6-14(12)15/h1-6,9H,7-8,10H2. The molecule has 0 fully saturated rings. The minimum Gasteiger partial charge on any atom is -0.469 e. The molecule has 2 heteroatoms. The molecule has 0 bridgehead atoms. The lowest BCUT2D eigenvalue weighted by molar-refractivity contribution is 0.442. The molecule has 0 radical (unpaired) electrons. The van der Waals surface area contributed by atoms with Gasteiger partial charge in [-0.05, 0) is 36.1 Å². The Morgan fingerprint density at radius 3 is 2.88 bits per heavy atom. The minimum atomic E-state index is -0.394. The number of nitriles is 1. The van der Waals surface area contributed by atoms with Crippen LogP contribution in [0.4, 0.5) is 0 Å². The second-order valence-electron chi connectivity index (χ2n) is 4.61. The Labute approximate surface area is 100 Å². The number of nitrogens with zero attached hydrogens (tertiary/aromatic N) is 1. The van der Waals surface area contributed by atoms with Gasteiger partial charge in [0.1, 0.15) is 5.76 Å². The Morgan fingerprint density at radius 1 is 1.24 bits per heavy atom. The highest BCUT2D eigenvalue weighted by Crippen LogP contribution is 2.40. The Kier molecular flexibility index (Phi) is 2.26. The highest BCUT2D eigenvalue weighted by atomic mass is 16.3. The molecule has 17 heavy (non-hydrogen) atoms. The van der Waals surface area contributed by atoms with Crippen molar-refractivity contribution in [2.24, 2.45) is 0 Å². The lowest BCUT2D eigenvalue weighted by Gasteiger charge is -2.20. The SMILES string of the molecule is N#CC1(Cc2ccco2)CCc2ccccc21. The normalized spacial score (nSPS) is 22.1. The van der Waals surface area contributed by atoms with Crippen molar-refractivity contribution in [1.82, 2.24) is 0 Å². The van der Waals surface area contributed by atoms with Gasteiger partial charge in [-0.3, -0.25) is 0 Å². The summed E-state index contributed by atoms with van der Waals surface area (Å²) in [6.45, 7) is 0. The quantitative estimate of drug-likeness (QED) is 0.783. The number of hydrogen-bond donors (Lipinski definition) is 0. The first-order valence-corrected chi connectivity index (χ1v) is 5.86. The molecule has 1 unspecified atom stereocenters. The van der Waals surface area contributed by atoms with Crippen LogP contribution in [0.3, 0.4) is 0 Å². The molecule has 3 rings (SSSR count). The van der Waals surface area contributed by atoms with Crippen molar-refractivity contribution >= 4 is 0 Å². The highest BCUT2D eigenvalue weighted by Gasteiger charge is 2.39. The Morgan fingerprint density at radius 2 is 2.12 bits per heavy atom. The summed E-state index contributed by atoms with van der Waals surface area (Å²) in [6, 6.07) is 14.6. The summed E-state index contributed by atoms with van der Waals surface area (Å²) in [4.78, 5) is 0. The third-order valence-corrected chi connectivity index (χ3v) is 3.62. The van der Waals surface area contributed by atoms with Crippen molar-refractivity contribution in [1.29, 1.82) is 5.26 Å². The lowest BCUT2D eigenvalue weighted by Crippen LogP contribution is -2.23. The van der Waals surface area contributed by atoms with Crippen LogP contribution >= 0.6 is 0 Å². The predicted octanol–water partition coefficient (Wildman–Crippen LogP) is 3.23. The van der Waals surface area contributed by atoms with Gasteiger partial charge in [0.05, 0.1) is 17.7 Å². The van der Waals surface area contributed by atoms with E-state index in [9.17, 15) is 5.26 Å². The average Bonchev–Trinajstić information content (AvgIpc) is 2.99. The van der Waals surface area contributed by atoms with E-state index in [4.69, 9.17) is 4.42 Å². The van der Waals surface area contributed by atoms with E-state index < -0.39 is 5.41 Å². The van der Waals surface area contributed by atoms with E-state index >= 15 is 0 Å². The fraction of sp³-hybridized carbons (Fsp3) is 0.267. The zero-order chi connectivity index (χ0) is 11.7. The first kappa shape index (κ1) is 10.2. The number of hydrogen-bond acceptors (Lipinski definition) is 2. The van der Waals surface area contributed by atoms with Gasteiger partial charge >= 0.3 is 0 Å². The Bertz CT molecular complexity index is 565. The van der Waals surface area contributed by atoms with Gasteiger partial charge in [0.15, 0.2) is 0 Å². The van der Waals surface area contributed by atoms with Crippen LogP contribution in [0.1, 0.15) is 23.3 Å². The van der Waals surface area contributed by atoms with Crippen LogP contribution in [-0.4, -0.2) is 0 Å². The van der Waals surface area contributed by atoms with Crippen LogP contribution < -0.4 is 0 Å². The summed E-state index contributed by atoms with van der Waals surface area (Å²) in [5, 5.41) is 9.57. The molecule has 1 aromatic carbocycles. The molecule has 1 aromatic heterocycles. The second kappa shape index (κ2) is 3.78. The van der Waals surface area contributed by atoms with Crippen molar-refractivity contribution in [2.75, 3.05) is 0 Å². The van der Waals surface area contributed by atoms with Gasteiger partial charge < -0.3 is 4.42 Å². The van der Waals surface area contributed by atoms with E-state index in [2.05, 4.69) is 18.2 Å². The molecular weight excluding hydrogens is 210 g/mol. The second-order valence-corrected chi connectivity index (χ2v) is 4.61. The predicted molar refractivity (Wildman–Crippen MR) is 64.5 cm³/mol. The number of rotatable bonds is 2. The Hall–Kier alpha value is -2.01. The number of aryl methyl sites for hydroxylation is 1. The van der Waals surface area contributed by atoms with Gasteiger partial charge in [-0.2, -0.15) is 5.26 Å². The smallest absolute Gasteiger partial charge is 0.105 e. The molecule has 1 aliphatic rings. The summed E-state index contributed by atoms with van der Waals surface area (Å²) in [5.41, 5.74) is 2.09. The summed E-state index contributed by atoms with van der Waals surface area (Å²) in [6.07, 6.45) is 4.22. The third kappa shape index (κ3) is 1.55. The van der Waals surface area contributed by atoms with E-state index in [0.29, 0.717) is 6.42 Å². The summed E-state index contributed by atoms with van der Waals surface area (Å²) in [7, 11) is 0. The van der Waals surface area contributed by atoms with Crippen molar-refractivity contribution in [2.45, 2.75) is 24.7 Å². The summed E-state index contributed by atoms with van der Waals surface area (Å²) < 4.78 is 5.39. The van der Waals surface area contributed by atoms with Gasteiger partial charge in [0.25, 0.3) is 0 Å². The largest absolute Gasteiger partial charge is 0.469 e. The molecule has 1 aliphatic carbocycles. The highest BCUT2D eigenvalue weighted by molar-refractivity contribution is 5.45. The number of benzene rings is 1. The summed E-state index contributed by atoms with van der Waals surface area (Å²) >= 11 is 0. The first-order chi connectivity index (χ1) is 8.34. The fourth-order valence-electron chi connectivity index (χ4n) is 2.74. The molecular formula is C15H13NO. The monoisotopic (exact) mass is 223 g/mol. The zero-order valence-corrected chi connectivity index (χ0v) is 9.52. The molecule has 0 saturated carbocycles. The maximum Gasteiger partial charge on any atom is 0.105 e. The molecule has 84 valence electrons. The molecule has 1 heterocycles. The maximum absolute atomic E-state index is 9.57. The van der Waals surface area contributed by atoms with Crippen LogP contribution in [-0.2, 0) is 18.3 Å². The van der Waals surface area contributed by atoms with Crippen LogP contribution in [0, 0.1) is 11.3 Å². The van der Waals surface area contributed by atoms with Crippen molar-refractivity contribution < 1.29 is 4.42 Å². The molecule has 2 aromatic rings. The van der Waals surface area contributed by atoms with Crippen LogP contribution in [0.5, 0.6) is 0 Å². The van der Waals surface area contributed by atoms with Gasteiger partial charge in [-0.25, -0.2) is 0 Å². The van der Waals surface area contributed by atoms with Crippen LogP contribution in [0.15, 0.2) is 47.1 Å². The zero-order valence-electron chi connectivity index (χ0n) is 9.52. The van der Waals surface area contributed by atoms with E-state index in [1.807, 2.05) is 24.3 Å². The fourth-order valence-corrected chi connectivity index (χ4v) is 2.74. The van der Waals surface area contributed by atoms with Gasteiger partial charge in [-0.1, -0.05) is 24.3 Å². The van der Waals surface area contributed by atoms with E-state index in [0.717, 1.165) is 18.6 Å². The lowest BCUT2D eigenvalue weighted by atomic mass is 9.79. The van der Waals surface area contributed by atoms with E-state index in [-0.39, 0.29) is 0 Å². The molecule has 2 nitrogen and oxygen atoms in total. The minimum absolute atomic E-state index is 0.394. The van der Waals surface area contributed by atoms with Crippen molar-refractivity contribution in [3.63, 3.8) is 0 Å². The number of furan rings is 1. The van der Waals surface area contributed by atoms with E-state index in [1.54, 1.807) is 6.26 Å². The summed E-state index contributed by atoms with van der Waals surface area (Å²) in [5.74, 6) is 0.892. The Balaban J connectivity index is 2.03. The van der Waals surface area contributed by atoms with Gasteiger partial charge in [-0.15, -0.1) is 0 Å². The van der Waals surface area contributed by atoms with Gasteiger partial charge in [0, 0.05) is 6.42 Å². The molecule has 0 aliphatic heterocycles. The van der Waals surface area contributed by atoms with Crippen LogP contribution in [0.25, 0.3) is 0 Å². The molecule has 0 spiro atoms. The number of fused-ring (bicyclic) bond motifs is 1. The van der Waals surface area contributed by atoms with Crippen LogP contribution in [0.2, 0.25) is 0 Å². The average molecular weight is 223 g/mol. The topological polar surface area (TPSA) is 36.9 Å². The van der Waals surface area contributed by atoms with Crippen molar-refractivity contribution in [3.05, 3.63) is 59.5 Å². The third-order valence-electron chi connectivity index (χ3n) is 3.62. The first-order valence-electron chi connectivity index (χ1n) is 5.86. The van der Waals surface area contributed by atoms with Gasteiger partial charge in [0.2, 0.25) is 0 Å².